The van der Waals surface area contributed by atoms with Gasteiger partial charge in [0.2, 0.25) is 11.8 Å². The van der Waals surface area contributed by atoms with E-state index in [0.717, 1.165) is 26.2 Å². The van der Waals surface area contributed by atoms with Crippen molar-refractivity contribution in [2.24, 2.45) is 0 Å². The number of hydrogen-bond donors (Lipinski definition) is 2. The molecule has 10 nitrogen and oxygen atoms in total. The zero-order chi connectivity index (χ0) is 28.2. The number of hydrogen-bond acceptors (Lipinski definition) is 8. The molecular weight excluding hydrogens is 535 g/mol. The topological polar surface area (TPSA) is 107 Å². The Morgan fingerprint density at radius 2 is 1.90 bits per heavy atom. The Bertz CT molecular complexity index is 1400. The van der Waals surface area contributed by atoms with E-state index in [4.69, 9.17) is 11.6 Å². The van der Waals surface area contributed by atoms with Gasteiger partial charge in [-0.15, -0.1) is 5.10 Å². The molecule has 12 heteroatoms. The maximum Gasteiger partial charge on any atom is 0.226 e. The summed E-state index contributed by atoms with van der Waals surface area (Å²) in [5.41, 5.74) is 2.34. The number of amides is 2. The molecule has 5 rings (SSSR count). The number of benzene rings is 1. The van der Waals surface area contributed by atoms with Crippen molar-refractivity contribution < 1.29 is 14.0 Å². The van der Waals surface area contributed by atoms with Crippen LogP contribution in [0.3, 0.4) is 0 Å². The second-order valence-electron chi connectivity index (χ2n) is 10.3. The van der Waals surface area contributed by atoms with Gasteiger partial charge in [0.1, 0.15) is 11.6 Å². The van der Waals surface area contributed by atoms with Gasteiger partial charge >= 0.3 is 0 Å². The Morgan fingerprint density at radius 3 is 2.65 bits per heavy atom. The first-order valence-electron chi connectivity index (χ1n) is 13.3. The number of anilines is 3. The van der Waals surface area contributed by atoms with E-state index in [1.807, 2.05) is 0 Å². The average Bonchev–Trinajstić information content (AvgIpc) is 3.27. The first-order chi connectivity index (χ1) is 19.2. The van der Waals surface area contributed by atoms with E-state index in [0.29, 0.717) is 59.5 Å². The molecule has 0 aliphatic carbocycles. The highest BCUT2D eigenvalue weighted by atomic mass is 35.5. The summed E-state index contributed by atoms with van der Waals surface area (Å²) in [5, 5.41) is 15.3. The number of piperazine rings is 1. The molecule has 210 valence electrons. The standard InChI is InChI=1S/C28H32ClFN8O2/c1-36-9-11-38(12-10-36)8-6-26(39)33-25-15-20(5-7-31-25)32-24-16-23(21-14-19(29)3-4-22(21)30)34-35-28(24)18-13-27(40)37(2)17-18/h3-5,7,14-16,18H,6,8-13,17H2,1-2H3,(H2,31,32,33,34,39). The van der Waals surface area contributed by atoms with Gasteiger partial charge in [-0.05, 0) is 37.4 Å². The lowest BCUT2D eigenvalue weighted by molar-refractivity contribution is -0.126. The molecule has 2 fully saturated rings. The van der Waals surface area contributed by atoms with Crippen molar-refractivity contribution in [1.82, 2.24) is 29.9 Å². The maximum atomic E-state index is 14.6. The van der Waals surface area contributed by atoms with Crippen LogP contribution in [0, 0.1) is 5.82 Å². The fourth-order valence-electron chi connectivity index (χ4n) is 4.94. The molecule has 0 spiro atoms. The maximum absolute atomic E-state index is 14.6. The minimum absolute atomic E-state index is 0.0215. The third kappa shape index (κ3) is 6.72. The fourth-order valence-corrected chi connectivity index (χ4v) is 5.12. The van der Waals surface area contributed by atoms with Crippen LogP contribution in [0.5, 0.6) is 0 Å². The number of nitrogens with zero attached hydrogens (tertiary/aromatic N) is 6. The quantitative estimate of drug-likeness (QED) is 0.426. The number of carbonyl (C=O) groups excluding carboxylic acids is 2. The first-order valence-corrected chi connectivity index (χ1v) is 13.6. The number of nitrogens with one attached hydrogen (secondary N) is 2. The van der Waals surface area contributed by atoms with Crippen LogP contribution in [0.15, 0.2) is 42.6 Å². The summed E-state index contributed by atoms with van der Waals surface area (Å²) >= 11 is 6.11. The summed E-state index contributed by atoms with van der Waals surface area (Å²) < 4.78 is 14.6. The number of likely N-dealkylation sites (tertiary alicyclic amines) is 1. The van der Waals surface area contributed by atoms with Crippen molar-refractivity contribution in [1.29, 1.82) is 0 Å². The molecule has 1 aromatic carbocycles. The summed E-state index contributed by atoms with van der Waals surface area (Å²) in [4.78, 5) is 35.4. The van der Waals surface area contributed by atoms with Gasteiger partial charge in [0.05, 0.1) is 17.1 Å². The molecule has 2 aliphatic heterocycles. The summed E-state index contributed by atoms with van der Waals surface area (Å²) in [6, 6.07) is 9.44. The molecule has 1 unspecified atom stereocenters. The zero-order valence-electron chi connectivity index (χ0n) is 22.5. The Morgan fingerprint density at radius 1 is 1.10 bits per heavy atom. The fraction of sp³-hybridized carbons (Fsp3) is 0.393. The highest BCUT2D eigenvalue weighted by molar-refractivity contribution is 6.30. The molecule has 2 N–H and O–H groups in total. The van der Waals surface area contributed by atoms with E-state index >= 15 is 0 Å². The smallest absolute Gasteiger partial charge is 0.226 e. The Labute approximate surface area is 237 Å². The Hall–Kier alpha value is -3.67. The second kappa shape index (κ2) is 12.2. The minimum Gasteiger partial charge on any atom is -0.354 e. The first kappa shape index (κ1) is 27.9. The minimum atomic E-state index is -0.473. The van der Waals surface area contributed by atoms with Crippen LogP contribution in [-0.4, -0.2) is 95.1 Å². The molecule has 0 bridgehead atoms. The van der Waals surface area contributed by atoms with Crippen LogP contribution in [0.2, 0.25) is 5.02 Å². The van der Waals surface area contributed by atoms with Gasteiger partial charge in [-0.3, -0.25) is 9.59 Å². The van der Waals surface area contributed by atoms with Crippen LogP contribution >= 0.6 is 11.6 Å². The van der Waals surface area contributed by atoms with Crippen molar-refractivity contribution >= 4 is 40.6 Å². The van der Waals surface area contributed by atoms with Crippen molar-refractivity contribution in [3.05, 3.63) is 59.1 Å². The molecular formula is C28H32ClFN8O2. The third-order valence-electron chi connectivity index (χ3n) is 7.31. The zero-order valence-corrected chi connectivity index (χ0v) is 23.3. The molecule has 3 aromatic rings. The van der Waals surface area contributed by atoms with E-state index < -0.39 is 5.82 Å². The number of carbonyl (C=O) groups is 2. The van der Waals surface area contributed by atoms with Crippen LogP contribution in [0.4, 0.5) is 21.6 Å². The third-order valence-corrected chi connectivity index (χ3v) is 7.55. The number of aromatic nitrogens is 3. The summed E-state index contributed by atoms with van der Waals surface area (Å²) in [6.45, 7) is 5.10. The number of rotatable bonds is 8. The Balaban J connectivity index is 1.34. The number of pyridine rings is 1. The SMILES string of the molecule is CN1CCN(CCC(=O)Nc2cc(Nc3cc(-c4cc(Cl)ccc4F)nnc3C3CC(=O)N(C)C3)ccn2)CC1. The van der Waals surface area contributed by atoms with E-state index in [9.17, 15) is 14.0 Å². The van der Waals surface area contributed by atoms with Crippen LogP contribution in [0.1, 0.15) is 24.5 Å². The molecule has 1 atom stereocenters. The van der Waals surface area contributed by atoms with Gasteiger partial charge in [-0.25, -0.2) is 9.37 Å². The molecule has 2 aliphatic rings. The van der Waals surface area contributed by atoms with Crippen molar-refractivity contribution in [3.8, 4) is 11.3 Å². The van der Waals surface area contributed by atoms with Crippen molar-refractivity contribution in [2.45, 2.75) is 18.8 Å². The summed E-state index contributed by atoms with van der Waals surface area (Å²) in [7, 11) is 3.85. The highest BCUT2D eigenvalue weighted by Crippen LogP contribution is 2.35. The summed E-state index contributed by atoms with van der Waals surface area (Å²) in [6.07, 6.45) is 2.27. The van der Waals surface area contributed by atoms with E-state index in [2.05, 4.69) is 42.7 Å². The second-order valence-corrected chi connectivity index (χ2v) is 10.8. The van der Waals surface area contributed by atoms with Gasteiger partial charge in [0.15, 0.2) is 0 Å². The lowest BCUT2D eigenvalue weighted by Gasteiger charge is -2.32. The summed E-state index contributed by atoms with van der Waals surface area (Å²) in [5.74, 6) is -0.330. The van der Waals surface area contributed by atoms with Gasteiger partial charge in [-0.2, -0.15) is 5.10 Å². The lowest BCUT2D eigenvalue weighted by Crippen LogP contribution is -2.45. The van der Waals surface area contributed by atoms with E-state index in [1.54, 1.807) is 36.3 Å². The molecule has 0 radical (unpaired) electrons. The molecule has 2 aromatic heterocycles. The lowest BCUT2D eigenvalue weighted by atomic mass is 10.0. The largest absolute Gasteiger partial charge is 0.354 e. The molecule has 2 saturated heterocycles. The van der Waals surface area contributed by atoms with Crippen molar-refractivity contribution in [2.75, 3.05) is 64.0 Å². The normalized spacial score (nSPS) is 18.2. The highest BCUT2D eigenvalue weighted by Gasteiger charge is 2.31. The average molecular weight is 567 g/mol. The number of likely N-dealkylation sites (N-methyl/N-ethyl adjacent to an activating group) is 2. The van der Waals surface area contributed by atoms with Crippen LogP contribution in [-0.2, 0) is 9.59 Å². The van der Waals surface area contributed by atoms with Crippen LogP contribution < -0.4 is 10.6 Å². The van der Waals surface area contributed by atoms with Gasteiger partial charge in [0, 0.05) is 93.6 Å². The van der Waals surface area contributed by atoms with Gasteiger partial charge in [0.25, 0.3) is 0 Å². The predicted octanol–water partition coefficient (Wildman–Crippen LogP) is 3.60. The predicted molar refractivity (Wildman–Crippen MR) is 152 cm³/mol. The van der Waals surface area contributed by atoms with Crippen molar-refractivity contribution in [3.63, 3.8) is 0 Å². The van der Waals surface area contributed by atoms with Crippen LogP contribution in [0.25, 0.3) is 11.3 Å². The monoisotopic (exact) mass is 566 g/mol. The van der Waals surface area contributed by atoms with Gasteiger partial charge in [-0.1, -0.05) is 11.6 Å². The molecule has 4 heterocycles. The molecule has 2 amide bonds. The Kier molecular flexibility index (Phi) is 8.53. The van der Waals surface area contributed by atoms with E-state index in [1.165, 1.54) is 18.2 Å². The number of halogens is 2. The van der Waals surface area contributed by atoms with E-state index in [-0.39, 0.29) is 23.3 Å². The van der Waals surface area contributed by atoms with Gasteiger partial charge < -0.3 is 25.3 Å². The molecule has 0 saturated carbocycles. The molecule has 40 heavy (non-hydrogen) atoms.